The molecule has 3 amide bonds. The average molecular weight is 629 g/mol. The van der Waals surface area contributed by atoms with Crippen molar-refractivity contribution in [3.63, 3.8) is 0 Å². The van der Waals surface area contributed by atoms with E-state index in [0.717, 1.165) is 5.57 Å². The number of amides is 3. The molecule has 0 spiro atoms. The lowest BCUT2D eigenvalue weighted by Crippen LogP contribution is -2.59. The molecule has 1 aliphatic rings. The van der Waals surface area contributed by atoms with Crippen LogP contribution in [0.1, 0.15) is 44.2 Å². The van der Waals surface area contributed by atoms with Crippen LogP contribution < -0.4 is 14.8 Å². The fourth-order valence-electron chi connectivity index (χ4n) is 6.14. The Morgan fingerprint density at radius 1 is 0.957 bits per heavy atom. The van der Waals surface area contributed by atoms with Crippen LogP contribution in [0, 0.1) is 5.41 Å². The molecule has 1 atom stereocenters. The molecule has 4 rings (SSSR count). The lowest BCUT2D eigenvalue weighted by atomic mass is 9.84. The summed E-state index contributed by atoms with van der Waals surface area (Å²) in [4.78, 5) is 31.5. The van der Waals surface area contributed by atoms with Gasteiger partial charge in [0.1, 0.15) is 0 Å². The Labute approximate surface area is 273 Å². The maximum Gasteiger partial charge on any atom is 0.407 e. The molecule has 0 radical (unpaired) electrons. The van der Waals surface area contributed by atoms with Gasteiger partial charge in [0.15, 0.2) is 11.5 Å². The number of carbonyl (C=O) groups excluding carboxylic acids is 1. The van der Waals surface area contributed by atoms with E-state index in [4.69, 9.17) is 9.47 Å². The summed E-state index contributed by atoms with van der Waals surface area (Å²) in [5.41, 5.74) is 3.65. The minimum Gasteiger partial charge on any atom is -0.493 e. The Kier molecular flexibility index (Phi) is 11.7. The van der Waals surface area contributed by atoms with Crippen molar-refractivity contribution in [2.75, 3.05) is 58.8 Å². The first kappa shape index (κ1) is 34.4. The number of nitrogens with one attached hydrogen (secondary N) is 1. The van der Waals surface area contributed by atoms with Crippen molar-refractivity contribution >= 4 is 17.8 Å². The molecule has 0 saturated carbocycles. The van der Waals surface area contributed by atoms with Gasteiger partial charge in [-0.3, -0.25) is 4.90 Å². The molecule has 3 aromatic carbocycles. The maximum atomic E-state index is 13.9. The Morgan fingerprint density at radius 3 is 2.11 bits per heavy atom. The van der Waals surface area contributed by atoms with Crippen LogP contribution in [0.15, 0.2) is 91.0 Å². The highest BCUT2D eigenvalue weighted by Crippen LogP contribution is 2.32. The van der Waals surface area contributed by atoms with E-state index in [1.165, 1.54) is 11.1 Å². The molecule has 2 N–H and O–H groups in total. The number of ether oxygens (including phenoxy) is 2. The van der Waals surface area contributed by atoms with Crippen molar-refractivity contribution < 1.29 is 24.2 Å². The van der Waals surface area contributed by atoms with Crippen molar-refractivity contribution in [1.29, 1.82) is 0 Å². The van der Waals surface area contributed by atoms with Gasteiger partial charge in [0, 0.05) is 56.9 Å². The lowest BCUT2D eigenvalue weighted by Gasteiger charge is -2.46. The molecule has 1 heterocycles. The minimum absolute atomic E-state index is 0.101. The van der Waals surface area contributed by atoms with Crippen LogP contribution in [0.25, 0.3) is 0 Å². The molecule has 1 aliphatic heterocycles. The second-order valence-corrected chi connectivity index (χ2v) is 12.9. The first-order valence-corrected chi connectivity index (χ1v) is 15.8. The van der Waals surface area contributed by atoms with Gasteiger partial charge in [-0.2, -0.15) is 0 Å². The fourth-order valence-corrected chi connectivity index (χ4v) is 6.14. The zero-order valence-corrected chi connectivity index (χ0v) is 27.7. The minimum atomic E-state index is -0.886. The highest BCUT2D eigenvalue weighted by atomic mass is 16.5. The number of urea groups is 1. The maximum absolute atomic E-state index is 13.9. The Balaban J connectivity index is 1.53. The molecule has 1 fully saturated rings. The summed E-state index contributed by atoms with van der Waals surface area (Å²) < 4.78 is 10.8. The summed E-state index contributed by atoms with van der Waals surface area (Å²) in [7, 11) is 3.14. The first-order chi connectivity index (χ1) is 22.0. The molecular formula is C37H48N4O5. The molecule has 0 aromatic heterocycles. The third kappa shape index (κ3) is 9.03. The topological polar surface area (TPSA) is 94.6 Å². The predicted molar refractivity (Wildman–Crippen MR) is 183 cm³/mol. The highest BCUT2D eigenvalue weighted by molar-refractivity contribution is 5.90. The number of benzene rings is 3. The summed E-state index contributed by atoms with van der Waals surface area (Å²) in [6.07, 6.45) is -0.174. The Bertz CT molecular complexity index is 1420. The van der Waals surface area contributed by atoms with Crippen LogP contribution in [0.5, 0.6) is 11.5 Å². The van der Waals surface area contributed by atoms with E-state index in [9.17, 15) is 14.7 Å². The van der Waals surface area contributed by atoms with Gasteiger partial charge in [-0.15, -0.1) is 0 Å². The molecule has 0 aliphatic carbocycles. The third-order valence-electron chi connectivity index (χ3n) is 8.59. The number of anilines is 1. The van der Waals surface area contributed by atoms with Gasteiger partial charge in [0.2, 0.25) is 0 Å². The van der Waals surface area contributed by atoms with E-state index < -0.39 is 6.09 Å². The number of methoxy groups -OCH3 is 2. The number of hydrogen-bond acceptors (Lipinski definition) is 5. The van der Waals surface area contributed by atoms with Crippen molar-refractivity contribution in [3.05, 3.63) is 102 Å². The number of nitrogens with zero attached hydrogens (tertiary/aromatic N) is 3. The molecule has 9 heteroatoms. The molecule has 246 valence electrons. The summed E-state index contributed by atoms with van der Waals surface area (Å²) >= 11 is 0. The highest BCUT2D eigenvalue weighted by Gasteiger charge is 2.38. The van der Waals surface area contributed by atoms with E-state index in [2.05, 4.69) is 61.8 Å². The van der Waals surface area contributed by atoms with Gasteiger partial charge in [-0.1, -0.05) is 88.0 Å². The van der Waals surface area contributed by atoms with Crippen LogP contribution in [0.2, 0.25) is 0 Å². The number of carbonyl (C=O) groups is 2. The summed E-state index contributed by atoms with van der Waals surface area (Å²) in [5, 5.41) is 12.8. The van der Waals surface area contributed by atoms with Gasteiger partial charge in [-0.25, -0.2) is 9.59 Å². The predicted octanol–water partition coefficient (Wildman–Crippen LogP) is 7.03. The van der Waals surface area contributed by atoms with E-state index in [0.29, 0.717) is 62.9 Å². The molecule has 9 nitrogen and oxygen atoms in total. The van der Waals surface area contributed by atoms with Crippen molar-refractivity contribution in [2.24, 2.45) is 5.41 Å². The summed E-state index contributed by atoms with van der Waals surface area (Å²) in [6, 6.07) is 25.6. The second-order valence-electron chi connectivity index (χ2n) is 12.9. The SMILES string of the molecule is C=C(CN1CCN(C(=O)O)C(C(C)(C)C)C1)CN(CCC(c1ccccc1)c1ccccc1)C(=O)Nc1ccc(OC)c(OC)c1. The smallest absolute Gasteiger partial charge is 0.407 e. The zero-order valence-electron chi connectivity index (χ0n) is 27.7. The van der Waals surface area contributed by atoms with Crippen LogP contribution in [-0.2, 0) is 0 Å². The van der Waals surface area contributed by atoms with Gasteiger partial charge in [0.25, 0.3) is 0 Å². The van der Waals surface area contributed by atoms with E-state index >= 15 is 0 Å². The van der Waals surface area contributed by atoms with Crippen molar-refractivity contribution in [3.8, 4) is 11.5 Å². The first-order valence-electron chi connectivity index (χ1n) is 15.8. The largest absolute Gasteiger partial charge is 0.493 e. The lowest BCUT2D eigenvalue weighted by molar-refractivity contribution is 0.0245. The van der Waals surface area contributed by atoms with Crippen LogP contribution in [0.4, 0.5) is 15.3 Å². The van der Waals surface area contributed by atoms with Gasteiger partial charge >= 0.3 is 12.1 Å². The molecule has 1 unspecified atom stereocenters. The van der Waals surface area contributed by atoms with Gasteiger partial charge < -0.3 is 29.7 Å². The normalized spacial score (nSPS) is 15.3. The Hall–Kier alpha value is -4.50. The van der Waals surface area contributed by atoms with Gasteiger partial charge in [0.05, 0.1) is 20.3 Å². The number of carboxylic acid groups (broad SMARTS) is 1. The average Bonchev–Trinajstić information content (AvgIpc) is 3.04. The number of rotatable bonds is 12. The molecule has 1 saturated heterocycles. The van der Waals surface area contributed by atoms with Gasteiger partial charge in [-0.05, 0) is 40.7 Å². The summed E-state index contributed by atoms with van der Waals surface area (Å²) in [5.74, 6) is 1.21. The Morgan fingerprint density at radius 2 is 1.57 bits per heavy atom. The summed E-state index contributed by atoms with van der Waals surface area (Å²) in [6.45, 7) is 13.7. The van der Waals surface area contributed by atoms with Crippen molar-refractivity contribution in [1.82, 2.24) is 14.7 Å². The van der Waals surface area contributed by atoms with Crippen LogP contribution in [-0.4, -0.2) is 91.5 Å². The fraction of sp³-hybridized carbons (Fsp3) is 0.405. The standard InChI is InChI=1S/C37H48N4O5/c1-27(24-39-21-22-41(36(43)44)34(26-39)37(2,3)4)25-40(35(42)38-30-17-18-32(45-5)33(23-30)46-6)20-19-31(28-13-9-7-10-14-28)29-15-11-8-12-16-29/h7-18,23,31,34H,1,19-22,24-26H2,2-6H3,(H,38,42)(H,43,44). The van der Waals surface area contributed by atoms with E-state index in [1.54, 1.807) is 37.3 Å². The number of piperazine rings is 1. The quantitative estimate of drug-likeness (QED) is 0.209. The van der Waals surface area contributed by atoms with Crippen LogP contribution in [0.3, 0.4) is 0 Å². The van der Waals surface area contributed by atoms with Crippen molar-refractivity contribution in [2.45, 2.75) is 39.2 Å². The zero-order chi connectivity index (χ0) is 33.3. The number of hydrogen-bond donors (Lipinski definition) is 2. The second kappa shape index (κ2) is 15.7. The molecular weight excluding hydrogens is 580 g/mol. The molecule has 0 bridgehead atoms. The third-order valence-corrected chi connectivity index (χ3v) is 8.59. The molecule has 3 aromatic rings. The van der Waals surface area contributed by atoms with Crippen LogP contribution >= 0.6 is 0 Å². The monoisotopic (exact) mass is 628 g/mol. The molecule has 46 heavy (non-hydrogen) atoms. The van der Waals surface area contributed by atoms with E-state index in [1.807, 2.05) is 41.3 Å². The van der Waals surface area contributed by atoms with E-state index in [-0.39, 0.29) is 23.4 Å².